The summed E-state index contributed by atoms with van der Waals surface area (Å²) in [7, 11) is 1.65. The summed E-state index contributed by atoms with van der Waals surface area (Å²) in [6.45, 7) is 2.56. The number of ether oxygens (including phenoxy) is 1. The van der Waals surface area contributed by atoms with Crippen LogP contribution in [0.2, 0.25) is 0 Å². The van der Waals surface area contributed by atoms with Crippen LogP contribution >= 0.6 is 15.9 Å². The van der Waals surface area contributed by atoms with Crippen LogP contribution in [0.5, 0.6) is 5.75 Å². The highest BCUT2D eigenvalue weighted by Crippen LogP contribution is 2.22. The molecule has 1 N–H and O–H groups in total. The van der Waals surface area contributed by atoms with Gasteiger partial charge < -0.3 is 10.1 Å². The summed E-state index contributed by atoms with van der Waals surface area (Å²) >= 11 is 3.24. The van der Waals surface area contributed by atoms with E-state index in [9.17, 15) is 4.39 Å². The first-order valence-corrected chi connectivity index (χ1v) is 6.72. The number of rotatable bonds is 4. The van der Waals surface area contributed by atoms with Crippen LogP contribution in [0.1, 0.15) is 11.1 Å². The molecule has 0 spiro atoms. The summed E-state index contributed by atoms with van der Waals surface area (Å²) in [5.74, 6) is 0.596. The number of nitrogens with one attached hydrogen (secondary N) is 1. The summed E-state index contributed by atoms with van der Waals surface area (Å²) < 4.78 is 19.6. The predicted molar refractivity (Wildman–Crippen MR) is 79.2 cm³/mol. The second-order valence-corrected chi connectivity index (χ2v) is 5.20. The van der Waals surface area contributed by atoms with Crippen LogP contribution in [0.4, 0.5) is 10.1 Å². The highest BCUT2D eigenvalue weighted by Gasteiger charge is 2.04. The van der Waals surface area contributed by atoms with Crippen molar-refractivity contribution in [3.63, 3.8) is 0 Å². The van der Waals surface area contributed by atoms with E-state index in [0.717, 1.165) is 21.3 Å². The van der Waals surface area contributed by atoms with Crippen LogP contribution in [-0.2, 0) is 6.54 Å². The van der Waals surface area contributed by atoms with E-state index in [1.54, 1.807) is 13.2 Å². The molecule has 0 aliphatic carbocycles. The summed E-state index contributed by atoms with van der Waals surface area (Å²) in [5, 5.41) is 3.08. The molecule has 0 heterocycles. The predicted octanol–water partition coefficient (Wildman–Crippen LogP) is 4.52. The van der Waals surface area contributed by atoms with Crippen LogP contribution in [0.15, 0.2) is 40.9 Å². The summed E-state index contributed by atoms with van der Waals surface area (Å²) in [4.78, 5) is 0. The minimum Gasteiger partial charge on any atom is -0.496 e. The molecule has 0 atom stereocenters. The average molecular weight is 324 g/mol. The second-order valence-electron chi connectivity index (χ2n) is 4.28. The molecule has 0 aromatic heterocycles. The Bertz CT molecular complexity index is 586. The van der Waals surface area contributed by atoms with Gasteiger partial charge in [-0.15, -0.1) is 0 Å². The van der Waals surface area contributed by atoms with Gasteiger partial charge in [0.25, 0.3) is 0 Å². The fourth-order valence-electron chi connectivity index (χ4n) is 1.88. The minimum absolute atomic E-state index is 0.264. The molecule has 0 radical (unpaired) electrons. The third-order valence-electron chi connectivity index (χ3n) is 2.87. The van der Waals surface area contributed by atoms with Crippen molar-refractivity contribution in [2.24, 2.45) is 0 Å². The van der Waals surface area contributed by atoms with Crippen molar-refractivity contribution in [2.45, 2.75) is 13.5 Å². The Kier molecular flexibility index (Phi) is 4.43. The molecule has 0 bridgehead atoms. The van der Waals surface area contributed by atoms with E-state index < -0.39 is 0 Å². The average Bonchev–Trinajstić information content (AvgIpc) is 2.38. The highest BCUT2D eigenvalue weighted by molar-refractivity contribution is 9.10. The van der Waals surface area contributed by atoms with Gasteiger partial charge in [0.05, 0.1) is 12.8 Å². The first-order valence-electron chi connectivity index (χ1n) is 5.92. The van der Waals surface area contributed by atoms with Gasteiger partial charge in [-0.05, 0) is 42.3 Å². The maximum absolute atomic E-state index is 13.6. The Labute approximate surface area is 120 Å². The zero-order valence-electron chi connectivity index (χ0n) is 10.8. The molecule has 100 valence electrons. The van der Waals surface area contributed by atoms with Gasteiger partial charge in [0.1, 0.15) is 11.6 Å². The Morgan fingerprint density at radius 3 is 2.63 bits per heavy atom. The molecule has 0 aliphatic heterocycles. The van der Waals surface area contributed by atoms with Crippen LogP contribution in [-0.4, -0.2) is 7.11 Å². The highest BCUT2D eigenvalue weighted by atomic mass is 79.9. The summed E-state index contributed by atoms with van der Waals surface area (Å²) in [6, 6.07) is 10.9. The SMILES string of the molecule is COc1ccc(CNc2ccc(Br)cc2F)cc1C. The molecular weight excluding hydrogens is 309 g/mol. The fourth-order valence-corrected chi connectivity index (χ4v) is 2.21. The molecule has 0 unspecified atom stereocenters. The summed E-state index contributed by atoms with van der Waals surface area (Å²) in [6.07, 6.45) is 0. The van der Waals surface area contributed by atoms with Crippen molar-refractivity contribution < 1.29 is 9.13 Å². The number of halogens is 2. The number of benzene rings is 2. The largest absolute Gasteiger partial charge is 0.496 e. The quantitative estimate of drug-likeness (QED) is 0.893. The van der Waals surface area contributed by atoms with E-state index >= 15 is 0 Å². The molecule has 4 heteroatoms. The van der Waals surface area contributed by atoms with Crippen LogP contribution < -0.4 is 10.1 Å². The van der Waals surface area contributed by atoms with E-state index in [4.69, 9.17) is 4.74 Å². The molecular formula is C15H15BrFNO. The third-order valence-corrected chi connectivity index (χ3v) is 3.37. The number of methoxy groups -OCH3 is 1. The van der Waals surface area contributed by atoms with Crippen molar-refractivity contribution in [2.75, 3.05) is 12.4 Å². The van der Waals surface area contributed by atoms with Crippen molar-refractivity contribution >= 4 is 21.6 Å². The van der Waals surface area contributed by atoms with E-state index in [1.165, 1.54) is 6.07 Å². The first kappa shape index (κ1) is 13.9. The van der Waals surface area contributed by atoms with Crippen LogP contribution in [0.25, 0.3) is 0 Å². The smallest absolute Gasteiger partial charge is 0.147 e. The third kappa shape index (κ3) is 3.47. The number of anilines is 1. The van der Waals surface area contributed by atoms with Gasteiger partial charge in [0.15, 0.2) is 0 Å². The van der Waals surface area contributed by atoms with Gasteiger partial charge in [-0.3, -0.25) is 0 Å². The molecule has 2 aromatic carbocycles. The zero-order chi connectivity index (χ0) is 13.8. The van der Waals surface area contributed by atoms with Gasteiger partial charge >= 0.3 is 0 Å². The molecule has 2 nitrogen and oxygen atoms in total. The first-order chi connectivity index (χ1) is 9.10. The molecule has 0 fully saturated rings. The lowest BCUT2D eigenvalue weighted by atomic mass is 10.1. The van der Waals surface area contributed by atoms with E-state index in [2.05, 4.69) is 21.2 Å². The molecule has 0 saturated carbocycles. The fraction of sp³-hybridized carbons (Fsp3) is 0.200. The maximum atomic E-state index is 13.6. The minimum atomic E-state index is -0.264. The summed E-state index contributed by atoms with van der Waals surface area (Å²) in [5.41, 5.74) is 2.65. The van der Waals surface area contributed by atoms with Gasteiger partial charge in [-0.25, -0.2) is 4.39 Å². The molecule has 0 aliphatic rings. The lowest BCUT2D eigenvalue weighted by molar-refractivity contribution is 0.411. The van der Waals surface area contributed by atoms with E-state index in [0.29, 0.717) is 12.2 Å². The van der Waals surface area contributed by atoms with Crippen molar-refractivity contribution in [1.29, 1.82) is 0 Å². The monoisotopic (exact) mass is 323 g/mol. The van der Waals surface area contributed by atoms with Crippen molar-refractivity contribution in [3.8, 4) is 5.75 Å². The Balaban J connectivity index is 2.08. The van der Waals surface area contributed by atoms with E-state index in [-0.39, 0.29) is 5.82 Å². The lowest BCUT2D eigenvalue weighted by Gasteiger charge is -2.10. The van der Waals surface area contributed by atoms with Crippen molar-refractivity contribution in [1.82, 2.24) is 0 Å². The molecule has 0 amide bonds. The van der Waals surface area contributed by atoms with Gasteiger partial charge in [-0.2, -0.15) is 0 Å². The van der Waals surface area contributed by atoms with Gasteiger partial charge in [0.2, 0.25) is 0 Å². The molecule has 19 heavy (non-hydrogen) atoms. The van der Waals surface area contributed by atoms with Gasteiger partial charge in [-0.1, -0.05) is 28.1 Å². The number of hydrogen-bond acceptors (Lipinski definition) is 2. The molecule has 0 saturated heterocycles. The van der Waals surface area contributed by atoms with Crippen LogP contribution in [0.3, 0.4) is 0 Å². The number of aryl methyl sites for hydroxylation is 1. The Morgan fingerprint density at radius 1 is 1.21 bits per heavy atom. The Hall–Kier alpha value is -1.55. The van der Waals surface area contributed by atoms with Gasteiger partial charge in [0, 0.05) is 11.0 Å². The zero-order valence-corrected chi connectivity index (χ0v) is 12.4. The Morgan fingerprint density at radius 2 is 2.00 bits per heavy atom. The molecule has 2 rings (SSSR count). The molecule has 2 aromatic rings. The maximum Gasteiger partial charge on any atom is 0.147 e. The normalized spacial score (nSPS) is 10.3. The number of hydrogen-bond donors (Lipinski definition) is 1. The standard InChI is InChI=1S/C15H15BrFNO/c1-10-7-11(3-6-15(10)19-2)9-18-14-5-4-12(16)8-13(14)17/h3-8,18H,9H2,1-2H3. The van der Waals surface area contributed by atoms with Crippen LogP contribution in [0, 0.1) is 12.7 Å². The van der Waals surface area contributed by atoms with E-state index in [1.807, 2.05) is 31.2 Å². The van der Waals surface area contributed by atoms with Crippen molar-refractivity contribution in [3.05, 3.63) is 57.8 Å². The topological polar surface area (TPSA) is 21.3 Å². The lowest BCUT2D eigenvalue weighted by Crippen LogP contribution is -2.02. The second kappa shape index (κ2) is 6.06.